The number of likely N-dealkylation sites (tertiary alicyclic amines) is 1. The number of para-hydroxylation sites is 1. The molecule has 1 unspecified atom stereocenters. The molecule has 0 bridgehead atoms. The van der Waals surface area contributed by atoms with E-state index in [0.29, 0.717) is 42.4 Å². The van der Waals surface area contributed by atoms with Gasteiger partial charge in [0.1, 0.15) is 6.04 Å². The van der Waals surface area contributed by atoms with Crippen LogP contribution in [0, 0.1) is 0 Å². The lowest BCUT2D eigenvalue weighted by atomic mass is 10.1. The van der Waals surface area contributed by atoms with Crippen molar-refractivity contribution in [1.29, 1.82) is 0 Å². The average molecular weight is 425 g/mol. The van der Waals surface area contributed by atoms with E-state index in [1.54, 1.807) is 18.3 Å². The maximum Gasteiger partial charge on any atom is 0.289 e. The summed E-state index contributed by atoms with van der Waals surface area (Å²) < 4.78 is 0. The largest absolute Gasteiger partial charge is 0.349 e. The first kappa shape index (κ1) is 22.4. The second-order valence-electron chi connectivity index (χ2n) is 7.63. The van der Waals surface area contributed by atoms with Crippen molar-refractivity contribution in [2.75, 3.05) is 19.6 Å². The normalized spacial score (nSPS) is 15.6. The summed E-state index contributed by atoms with van der Waals surface area (Å²) in [6.07, 6.45) is 5.47. The number of hydrogen-bond acceptors (Lipinski definition) is 5. The summed E-state index contributed by atoms with van der Waals surface area (Å²) in [5.74, 6) is -1.99. The van der Waals surface area contributed by atoms with Crippen LogP contribution in [0.4, 0.5) is 0 Å². The van der Waals surface area contributed by atoms with Gasteiger partial charge in [0.2, 0.25) is 11.7 Å². The maximum atomic E-state index is 12.7. The lowest BCUT2D eigenvalue weighted by Crippen LogP contribution is -2.49. The van der Waals surface area contributed by atoms with Crippen molar-refractivity contribution < 1.29 is 19.2 Å². The van der Waals surface area contributed by atoms with Crippen LogP contribution < -0.4 is 10.6 Å². The summed E-state index contributed by atoms with van der Waals surface area (Å²) >= 11 is 0. The fraction of sp³-hybridized carbons (Fsp3) is 0.435. The Hall–Kier alpha value is -3.29. The van der Waals surface area contributed by atoms with E-state index in [-0.39, 0.29) is 18.4 Å². The highest BCUT2D eigenvalue weighted by atomic mass is 16.2. The Kier molecular flexibility index (Phi) is 7.70. The fourth-order valence-corrected chi connectivity index (χ4v) is 3.80. The van der Waals surface area contributed by atoms with Gasteiger partial charge in [-0.25, -0.2) is 0 Å². The van der Waals surface area contributed by atoms with E-state index in [9.17, 15) is 19.2 Å². The molecule has 1 aromatic heterocycles. The highest BCUT2D eigenvalue weighted by Crippen LogP contribution is 2.19. The number of hydrogen-bond donors (Lipinski definition) is 2. The molecule has 164 valence electrons. The maximum absolute atomic E-state index is 12.7. The summed E-state index contributed by atoms with van der Waals surface area (Å²) in [6.45, 7) is 2.67. The molecule has 31 heavy (non-hydrogen) atoms. The van der Waals surface area contributed by atoms with Gasteiger partial charge in [-0.15, -0.1) is 0 Å². The van der Waals surface area contributed by atoms with Crippen molar-refractivity contribution in [2.45, 2.75) is 45.1 Å². The molecule has 0 aliphatic carbocycles. The molecule has 8 nitrogen and oxygen atoms in total. The Morgan fingerprint density at radius 3 is 2.71 bits per heavy atom. The quantitative estimate of drug-likeness (QED) is 0.472. The molecular formula is C23H28N4O4. The number of aromatic nitrogens is 1. The first-order valence-corrected chi connectivity index (χ1v) is 10.8. The minimum absolute atomic E-state index is 0.239. The molecule has 0 saturated carbocycles. The van der Waals surface area contributed by atoms with E-state index >= 15 is 0 Å². The zero-order valence-electron chi connectivity index (χ0n) is 17.7. The van der Waals surface area contributed by atoms with Gasteiger partial charge in [-0.2, -0.15) is 0 Å². The first-order chi connectivity index (χ1) is 15.0. The first-order valence-electron chi connectivity index (χ1n) is 10.8. The molecule has 1 aliphatic heterocycles. The van der Waals surface area contributed by atoms with Gasteiger partial charge in [-0.3, -0.25) is 24.2 Å². The third-order valence-electron chi connectivity index (χ3n) is 5.46. The summed E-state index contributed by atoms with van der Waals surface area (Å²) in [7, 11) is 0. The Morgan fingerprint density at radius 2 is 1.90 bits per heavy atom. The van der Waals surface area contributed by atoms with Crippen LogP contribution in [0.3, 0.4) is 0 Å². The van der Waals surface area contributed by atoms with Crippen molar-refractivity contribution in [3.8, 4) is 0 Å². The number of nitrogens with one attached hydrogen (secondary N) is 2. The topological polar surface area (TPSA) is 108 Å². The minimum atomic E-state index is -0.766. The third kappa shape index (κ3) is 5.45. The van der Waals surface area contributed by atoms with Crippen molar-refractivity contribution >= 4 is 34.4 Å². The monoisotopic (exact) mass is 424 g/mol. The highest BCUT2D eigenvalue weighted by molar-refractivity contribution is 6.38. The molecule has 0 radical (unpaired) electrons. The number of carbonyl (C=O) groups is 4. The van der Waals surface area contributed by atoms with Crippen LogP contribution in [-0.4, -0.2) is 59.1 Å². The molecule has 1 aromatic carbocycles. The number of benzene rings is 1. The highest BCUT2D eigenvalue weighted by Gasteiger charge is 2.37. The fourth-order valence-electron chi connectivity index (χ4n) is 3.80. The number of Topliss-reactive ketones (excluding diaryl/α,β-unsaturated/α-hetero) is 1. The van der Waals surface area contributed by atoms with Crippen molar-refractivity contribution in [1.82, 2.24) is 20.5 Å². The molecular weight excluding hydrogens is 396 g/mol. The number of rotatable bonds is 9. The molecule has 1 saturated heterocycles. The Bertz CT molecular complexity index is 970. The zero-order chi connectivity index (χ0) is 22.2. The number of fused-ring (bicyclic) bond motifs is 1. The third-order valence-corrected chi connectivity index (χ3v) is 5.46. The number of unbranched alkanes of at least 4 members (excludes halogenated alkanes) is 2. The Morgan fingerprint density at radius 1 is 1.10 bits per heavy atom. The minimum Gasteiger partial charge on any atom is -0.349 e. The molecule has 0 spiro atoms. The van der Waals surface area contributed by atoms with Gasteiger partial charge in [0.15, 0.2) is 0 Å². The van der Waals surface area contributed by atoms with Crippen LogP contribution in [0.15, 0.2) is 36.5 Å². The van der Waals surface area contributed by atoms with E-state index < -0.39 is 17.7 Å². The van der Waals surface area contributed by atoms with E-state index in [1.165, 1.54) is 4.90 Å². The molecule has 1 fully saturated rings. The van der Waals surface area contributed by atoms with Crippen molar-refractivity contribution in [3.63, 3.8) is 0 Å². The second-order valence-corrected chi connectivity index (χ2v) is 7.63. The number of carbonyl (C=O) groups excluding carboxylic acids is 4. The summed E-state index contributed by atoms with van der Waals surface area (Å²) in [4.78, 5) is 55.7. The van der Waals surface area contributed by atoms with Gasteiger partial charge in [0, 0.05) is 24.7 Å². The number of nitrogens with zero attached hydrogens (tertiary/aromatic N) is 2. The van der Waals surface area contributed by atoms with Crippen LogP contribution in [0.5, 0.6) is 0 Å². The lowest BCUT2D eigenvalue weighted by molar-refractivity contribution is -0.143. The van der Waals surface area contributed by atoms with Crippen molar-refractivity contribution in [2.24, 2.45) is 0 Å². The second kappa shape index (κ2) is 10.7. The predicted molar refractivity (Wildman–Crippen MR) is 116 cm³/mol. The SMILES string of the molecule is CCCCCNC(=O)C(=O)C1CCCN1C(=O)CNC(=O)c1ccnc2ccccc12. The van der Waals surface area contributed by atoms with Gasteiger partial charge < -0.3 is 15.5 Å². The number of ketones is 1. The van der Waals surface area contributed by atoms with Crippen LogP contribution in [0.25, 0.3) is 10.9 Å². The van der Waals surface area contributed by atoms with Gasteiger partial charge in [0.05, 0.1) is 17.6 Å². The van der Waals surface area contributed by atoms with Gasteiger partial charge in [0.25, 0.3) is 11.8 Å². The molecule has 3 amide bonds. The molecule has 8 heteroatoms. The van der Waals surface area contributed by atoms with Crippen LogP contribution >= 0.6 is 0 Å². The molecule has 1 aliphatic rings. The average Bonchev–Trinajstić information content (AvgIpc) is 3.29. The van der Waals surface area contributed by atoms with Gasteiger partial charge in [-0.05, 0) is 31.4 Å². The molecule has 2 aromatic rings. The Labute approximate surface area is 181 Å². The molecule has 2 heterocycles. The van der Waals surface area contributed by atoms with Gasteiger partial charge >= 0.3 is 0 Å². The predicted octanol–water partition coefficient (Wildman–Crippen LogP) is 1.83. The van der Waals surface area contributed by atoms with E-state index in [1.807, 2.05) is 18.2 Å². The Balaban J connectivity index is 1.57. The number of amides is 3. The summed E-state index contributed by atoms with van der Waals surface area (Å²) in [5.41, 5.74) is 1.12. The standard InChI is InChI=1S/C23H28N4O4/c1-2-3-6-12-25-23(31)21(29)19-10-7-14-27(19)20(28)15-26-22(30)17-11-13-24-18-9-5-4-8-16(17)18/h4-5,8-9,11,13,19H,2-3,6-7,10,12,14-15H2,1H3,(H,25,31)(H,26,30). The molecule has 1 atom stereocenters. The van der Waals surface area contributed by atoms with Gasteiger partial charge in [-0.1, -0.05) is 38.0 Å². The van der Waals surface area contributed by atoms with E-state index in [4.69, 9.17) is 0 Å². The van der Waals surface area contributed by atoms with E-state index in [2.05, 4.69) is 22.5 Å². The summed E-state index contributed by atoms with van der Waals surface area (Å²) in [6, 6.07) is 8.10. The van der Waals surface area contributed by atoms with Crippen LogP contribution in [0.2, 0.25) is 0 Å². The molecule has 3 rings (SSSR count). The van der Waals surface area contributed by atoms with Crippen LogP contribution in [0.1, 0.15) is 49.4 Å². The summed E-state index contributed by atoms with van der Waals surface area (Å²) in [5, 5.41) is 5.97. The van der Waals surface area contributed by atoms with Crippen molar-refractivity contribution in [3.05, 3.63) is 42.1 Å². The number of pyridine rings is 1. The molecule has 2 N–H and O–H groups in total. The van der Waals surface area contributed by atoms with Crippen LogP contribution in [-0.2, 0) is 14.4 Å². The van der Waals surface area contributed by atoms with E-state index in [0.717, 1.165) is 19.3 Å². The smallest absolute Gasteiger partial charge is 0.289 e. The lowest BCUT2D eigenvalue weighted by Gasteiger charge is -2.23. The zero-order valence-corrected chi connectivity index (χ0v) is 17.7.